The van der Waals surface area contributed by atoms with E-state index in [1.165, 1.54) is 22.9 Å². The van der Waals surface area contributed by atoms with Crippen molar-refractivity contribution in [3.05, 3.63) is 101 Å². The Balaban J connectivity index is 1.51. The highest BCUT2D eigenvalue weighted by Gasteiger charge is 2.28. The Kier molecular flexibility index (Phi) is 4.40. The zero-order valence-corrected chi connectivity index (χ0v) is 14.4. The lowest BCUT2D eigenvalue weighted by Gasteiger charge is -2.14. The van der Waals surface area contributed by atoms with E-state index in [0.29, 0.717) is 0 Å². The van der Waals surface area contributed by atoms with E-state index in [-0.39, 0.29) is 11.9 Å². The third-order valence-corrected chi connectivity index (χ3v) is 5.10. The summed E-state index contributed by atoms with van der Waals surface area (Å²) in [4.78, 5) is 13.5. The van der Waals surface area contributed by atoms with Crippen molar-refractivity contribution in [3.63, 3.8) is 0 Å². The van der Waals surface area contributed by atoms with Crippen LogP contribution in [0.2, 0.25) is 0 Å². The largest absolute Gasteiger partial charge is 0.342 e. The molecule has 3 heteroatoms. The quantitative estimate of drug-likeness (QED) is 0.522. The number of nitrogens with one attached hydrogen (secondary N) is 1. The van der Waals surface area contributed by atoms with Crippen molar-refractivity contribution in [2.75, 3.05) is 0 Å². The molecule has 4 rings (SSSR count). The fraction of sp³-hybridized carbons (Fsp3) is 0.0455. The third-order valence-electron chi connectivity index (χ3n) is 4.29. The Labute approximate surface area is 151 Å². The highest BCUT2D eigenvalue weighted by molar-refractivity contribution is 8.02. The van der Waals surface area contributed by atoms with Crippen molar-refractivity contribution in [2.24, 2.45) is 0 Å². The van der Waals surface area contributed by atoms with Crippen LogP contribution in [0, 0.1) is 0 Å². The second-order valence-corrected chi connectivity index (χ2v) is 6.83. The maximum atomic E-state index is 12.4. The van der Waals surface area contributed by atoms with Gasteiger partial charge in [-0.1, -0.05) is 78.5 Å². The number of hydrogen-bond acceptors (Lipinski definition) is 2. The molecule has 0 atom stereocenters. The summed E-state index contributed by atoms with van der Waals surface area (Å²) in [6, 6.07) is 26.4. The van der Waals surface area contributed by atoms with Crippen LogP contribution in [0.4, 0.5) is 0 Å². The normalized spacial score (nSPS) is 12.8. The Morgan fingerprint density at radius 1 is 0.800 bits per heavy atom. The summed E-state index contributed by atoms with van der Waals surface area (Å²) >= 11 is 1.54. The topological polar surface area (TPSA) is 29.1 Å². The van der Waals surface area contributed by atoms with Crippen molar-refractivity contribution in [1.29, 1.82) is 0 Å². The van der Waals surface area contributed by atoms with E-state index in [1.807, 2.05) is 60.0 Å². The summed E-state index contributed by atoms with van der Waals surface area (Å²) < 4.78 is 0. The maximum absolute atomic E-state index is 12.4. The Morgan fingerprint density at radius 2 is 1.36 bits per heavy atom. The molecule has 122 valence electrons. The number of carbonyl (C=O) groups is 1. The van der Waals surface area contributed by atoms with Crippen LogP contribution >= 0.6 is 11.8 Å². The van der Waals surface area contributed by atoms with Crippen LogP contribution in [0.3, 0.4) is 0 Å². The van der Waals surface area contributed by atoms with Crippen LogP contribution in [-0.2, 0) is 4.79 Å². The molecule has 0 radical (unpaired) electrons. The van der Waals surface area contributed by atoms with E-state index >= 15 is 0 Å². The monoisotopic (exact) mass is 343 g/mol. The van der Waals surface area contributed by atoms with Gasteiger partial charge in [-0.15, -0.1) is 0 Å². The van der Waals surface area contributed by atoms with Crippen LogP contribution in [-0.4, -0.2) is 5.91 Å². The van der Waals surface area contributed by atoms with Gasteiger partial charge in [-0.3, -0.25) is 4.79 Å². The summed E-state index contributed by atoms with van der Waals surface area (Å²) in [5.74, 6) is -0.0834. The van der Waals surface area contributed by atoms with Gasteiger partial charge in [-0.25, -0.2) is 0 Å². The van der Waals surface area contributed by atoms with Gasteiger partial charge in [-0.05, 0) is 39.8 Å². The molecule has 0 fully saturated rings. The van der Waals surface area contributed by atoms with Gasteiger partial charge < -0.3 is 5.32 Å². The molecule has 0 spiro atoms. The first kappa shape index (κ1) is 15.7. The third kappa shape index (κ3) is 3.24. The molecule has 1 N–H and O–H groups in total. The van der Waals surface area contributed by atoms with Gasteiger partial charge in [0.25, 0.3) is 0 Å². The lowest BCUT2D eigenvalue weighted by Crippen LogP contribution is -2.26. The zero-order valence-electron chi connectivity index (χ0n) is 13.6. The Morgan fingerprint density at radius 3 is 2.00 bits per heavy atom. The molecule has 2 nitrogen and oxygen atoms in total. The van der Waals surface area contributed by atoms with Gasteiger partial charge in [0, 0.05) is 11.0 Å². The molecule has 3 aromatic carbocycles. The predicted octanol–water partition coefficient (Wildman–Crippen LogP) is 5.18. The van der Waals surface area contributed by atoms with Gasteiger partial charge in [0.15, 0.2) is 0 Å². The standard InChI is InChI=1S/C22H17NOS/c24-21(14-15-25-16-8-2-1-3-9-16)23-22-19-12-6-4-10-17(19)18-11-5-7-13-20(18)22/h1-15,22H,(H,23,24). The first-order valence-electron chi connectivity index (χ1n) is 8.20. The van der Waals surface area contributed by atoms with E-state index in [0.717, 1.165) is 16.0 Å². The number of carbonyl (C=O) groups excluding carboxylic acids is 1. The summed E-state index contributed by atoms with van der Waals surface area (Å²) in [6.07, 6.45) is 1.60. The molecule has 1 aliphatic rings. The lowest BCUT2D eigenvalue weighted by atomic mass is 10.1. The van der Waals surface area contributed by atoms with Gasteiger partial charge in [0.2, 0.25) is 5.91 Å². The smallest absolute Gasteiger partial charge is 0.245 e. The summed E-state index contributed by atoms with van der Waals surface area (Å²) in [7, 11) is 0. The molecule has 0 heterocycles. The van der Waals surface area contributed by atoms with Crippen molar-refractivity contribution in [2.45, 2.75) is 10.9 Å². The SMILES string of the molecule is O=C(C=CSc1ccccc1)NC1c2ccccc2-c2ccccc21. The molecule has 1 amide bonds. The highest BCUT2D eigenvalue weighted by Crippen LogP contribution is 2.42. The second kappa shape index (κ2) is 6.99. The molecule has 0 saturated carbocycles. The minimum atomic E-state index is -0.0914. The molecule has 1 aliphatic carbocycles. The fourth-order valence-electron chi connectivity index (χ4n) is 3.17. The van der Waals surface area contributed by atoms with E-state index < -0.39 is 0 Å². The Hall–Kier alpha value is -2.78. The lowest BCUT2D eigenvalue weighted by molar-refractivity contribution is -0.116. The minimum Gasteiger partial charge on any atom is -0.342 e. The molecule has 0 aliphatic heterocycles. The molecule has 0 unspecified atom stereocenters. The molecule has 0 bridgehead atoms. The average molecular weight is 343 g/mol. The van der Waals surface area contributed by atoms with Crippen molar-refractivity contribution in [3.8, 4) is 11.1 Å². The highest BCUT2D eigenvalue weighted by atomic mass is 32.2. The first-order chi connectivity index (χ1) is 12.3. The summed E-state index contributed by atoms with van der Waals surface area (Å²) in [6.45, 7) is 0. The van der Waals surface area contributed by atoms with Crippen LogP contribution in [0.25, 0.3) is 11.1 Å². The van der Waals surface area contributed by atoms with E-state index in [9.17, 15) is 4.79 Å². The van der Waals surface area contributed by atoms with Crippen LogP contribution in [0.5, 0.6) is 0 Å². The number of fused-ring (bicyclic) bond motifs is 3. The fourth-order valence-corrected chi connectivity index (χ4v) is 3.84. The first-order valence-corrected chi connectivity index (χ1v) is 9.08. The molecule has 25 heavy (non-hydrogen) atoms. The summed E-state index contributed by atoms with van der Waals surface area (Å²) in [5, 5.41) is 4.97. The van der Waals surface area contributed by atoms with Crippen molar-refractivity contribution >= 4 is 17.7 Å². The molecule has 3 aromatic rings. The van der Waals surface area contributed by atoms with Crippen LogP contribution < -0.4 is 5.32 Å². The minimum absolute atomic E-state index is 0.0834. The molecule has 0 aromatic heterocycles. The zero-order chi connectivity index (χ0) is 17.1. The van der Waals surface area contributed by atoms with Crippen LogP contribution in [0.1, 0.15) is 17.2 Å². The van der Waals surface area contributed by atoms with Crippen molar-refractivity contribution in [1.82, 2.24) is 5.32 Å². The van der Waals surface area contributed by atoms with Crippen molar-refractivity contribution < 1.29 is 4.79 Å². The summed E-state index contributed by atoms with van der Waals surface area (Å²) in [5.41, 5.74) is 4.71. The van der Waals surface area contributed by atoms with Gasteiger partial charge in [0.05, 0.1) is 6.04 Å². The number of amides is 1. The number of hydrogen-bond donors (Lipinski definition) is 1. The Bertz CT molecular complexity index is 888. The second-order valence-electron chi connectivity index (χ2n) is 5.85. The average Bonchev–Trinajstić information content (AvgIpc) is 2.97. The van der Waals surface area contributed by atoms with Gasteiger partial charge in [0.1, 0.15) is 0 Å². The molecular formula is C22H17NOS. The van der Waals surface area contributed by atoms with Crippen LogP contribution in [0.15, 0.2) is 95.2 Å². The van der Waals surface area contributed by atoms with E-state index in [4.69, 9.17) is 0 Å². The van der Waals surface area contributed by atoms with E-state index in [1.54, 1.807) is 6.08 Å². The van der Waals surface area contributed by atoms with E-state index in [2.05, 4.69) is 29.6 Å². The molecular weight excluding hydrogens is 326 g/mol. The number of thioether (sulfide) groups is 1. The van der Waals surface area contributed by atoms with Gasteiger partial charge in [-0.2, -0.15) is 0 Å². The predicted molar refractivity (Wildman–Crippen MR) is 103 cm³/mol. The van der Waals surface area contributed by atoms with Gasteiger partial charge >= 0.3 is 0 Å². The molecule has 0 saturated heterocycles. The number of benzene rings is 3. The number of rotatable bonds is 4. The maximum Gasteiger partial charge on any atom is 0.245 e.